The fourth-order valence-electron chi connectivity index (χ4n) is 2.96. The molecule has 0 saturated carbocycles. The van der Waals surface area contributed by atoms with Crippen molar-refractivity contribution in [2.75, 3.05) is 25.5 Å². The summed E-state index contributed by atoms with van der Waals surface area (Å²) in [5, 5.41) is 32.4. The first-order valence-corrected chi connectivity index (χ1v) is 10.3. The molecule has 0 fully saturated rings. The van der Waals surface area contributed by atoms with E-state index in [4.69, 9.17) is 15.2 Å². The van der Waals surface area contributed by atoms with Crippen molar-refractivity contribution in [2.24, 2.45) is 0 Å². The fourth-order valence-corrected chi connectivity index (χ4v) is 2.96. The summed E-state index contributed by atoms with van der Waals surface area (Å²) in [6, 6.07) is 14.0. The Morgan fingerprint density at radius 1 is 0.917 bits per heavy atom. The largest absolute Gasteiger partial charge is 0.489 e. The summed E-state index contributed by atoms with van der Waals surface area (Å²) in [5.74, 6) is 1.89. The maximum absolute atomic E-state index is 10.1. The second-order valence-corrected chi connectivity index (χ2v) is 7.25. The third-order valence-electron chi connectivity index (χ3n) is 4.70. The number of aliphatic hydroxyl groups is 3. The van der Waals surface area contributed by atoms with Gasteiger partial charge in [0.25, 0.3) is 0 Å². The minimum atomic E-state index is -0.753. The lowest BCUT2D eigenvalue weighted by Gasteiger charge is -2.19. The Morgan fingerprint density at radius 3 is 2.22 bits per heavy atom. The first-order chi connectivity index (χ1) is 15.6. The van der Waals surface area contributed by atoms with Crippen molar-refractivity contribution in [1.29, 1.82) is 0 Å². The highest BCUT2D eigenvalue weighted by molar-refractivity contribution is 5.86. The van der Waals surface area contributed by atoms with Crippen LogP contribution in [0.3, 0.4) is 0 Å². The van der Waals surface area contributed by atoms with E-state index < -0.39 is 6.10 Å². The summed E-state index contributed by atoms with van der Waals surface area (Å²) in [7, 11) is 0. The number of halogens is 4. The van der Waals surface area contributed by atoms with Crippen LogP contribution < -0.4 is 20.5 Å². The number of hydrogen-bond donors (Lipinski definition) is 5. The minimum Gasteiger partial charge on any atom is -0.489 e. The lowest BCUT2D eigenvalue weighted by molar-refractivity contribution is 0.0996. The van der Waals surface area contributed by atoms with E-state index in [2.05, 4.69) is 15.3 Å². The average molecular weight is 586 g/mol. The lowest BCUT2D eigenvalue weighted by Crippen LogP contribution is -2.41. The highest BCUT2D eigenvalue weighted by atomic mass is 35.5. The standard InChI is InChI=1S/C23H28N4O5.4ClH/c24-22-8-7-21(12-27-22)31-15-19(30)11-26-18(14-29)10-16-3-5-20(6-4-16)32-23-17(13-28)2-1-9-25-23;;;;/h1-9,12,18-19,26,28-30H,10-11,13-15H2,(H2,24,27);4*1H/t18-,19-;;;;/m0..../s1. The molecule has 9 nitrogen and oxygen atoms in total. The number of aromatic nitrogens is 2. The molecular formula is C23H32Cl4N4O5. The minimum absolute atomic E-state index is 0. The molecule has 6 N–H and O–H groups in total. The molecule has 3 aromatic rings. The van der Waals surface area contributed by atoms with E-state index in [1.165, 1.54) is 6.20 Å². The topological polar surface area (TPSA) is 143 Å². The predicted molar refractivity (Wildman–Crippen MR) is 148 cm³/mol. The van der Waals surface area contributed by atoms with Crippen molar-refractivity contribution in [3.05, 3.63) is 72.1 Å². The molecular weight excluding hydrogens is 554 g/mol. The number of pyridine rings is 2. The normalized spacial score (nSPS) is 11.4. The predicted octanol–water partition coefficient (Wildman–Crippen LogP) is 2.96. The SMILES string of the molecule is Cl.Cl.Cl.Cl.Nc1ccc(OC[C@@H](O)CN[C@H](CO)Cc2ccc(Oc3ncccc3CO)cc2)cn1. The number of nitrogens with two attached hydrogens (primary N) is 1. The summed E-state index contributed by atoms with van der Waals surface area (Å²) in [4.78, 5) is 8.07. The first-order valence-electron chi connectivity index (χ1n) is 10.3. The van der Waals surface area contributed by atoms with E-state index in [1.807, 2.05) is 24.3 Å². The van der Waals surface area contributed by atoms with Crippen molar-refractivity contribution < 1.29 is 24.8 Å². The molecule has 0 unspecified atom stereocenters. The number of ether oxygens (including phenoxy) is 2. The molecule has 0 aliphatic rings. The molecule has 2 atom stereocenters. The average Bonchev–Trinajstić information content (AvgIpc) is 2.82. The maximum atomic E-state index is 10.1. The van der Waals surface area contributed by atoms with E-state index in [9.17, 15) is 15.3 Å². The Hall–Kier alpha value is -2.08. The van der Waals surface area contributed by atoms with Crippen molar-refractivity contribution in [3.63, 3.8) is 0 Å². The molecule has 0 aliphatic heterocycles. The quantitative estimate of drug-likeness (QED) is 0.217. The van der Waals surface area contributed by atoms with Gasteiger partial charge in [-0.1, -0.05) is 12.1 Å². The summed E-state index contributed by atoms with van der Waals surface area (Å²) in [6.45, 7) is 0.116. The van der Waals surface area contributed by atoms with Crippen molar-refractivity contribution in [3.8, 4) is 17.4 Å². The molecule has 36 heavy (non-hydrogen) atoms. The van der Waals surface area contributed by atoms with Crippen LogP contribution in [0.4, 0.5) is 5.82 Å². The van der Waals surface area contributed by atoms with Crippen molar-refractivity contribution in [1.82, 2.24) is 15.3 Å². The fraction of sp³-hybridized carbons (Fsp3) is 0.304. The highest BCUT2D eigenvalue weighted by Crippen LogP contribution is 2.23. The molecule has 0 saturated heterocycles. The Labute approximate surface area is 235 Å². The van der Waals surface area contributed by atoms with Gasteiger partial charge < -0.3 is 35.8 Å². The second kappa shape index (κ2) is 19.1. The maximum Gasteiger partial charge on any atom is 0.224 e. The monoisotopic (exact) mass is 584 g/mol. The van der Waals surface area contributed by atoms with Gasteiger partial charge in [-0.3, -0.25) is 0 Å². The summed E-state index contributed by atoms with van der Waals surface area (Å²) in [5.41, 5.74) is 7.13. The Kier molecular flexibility index (Phi) is 19.1. The zero-order chi connectivity index (χ0) is 22.8. The number of aliphatic hydroxyl groups excluding tert-OH is 3. The van der Waals surface area contributed by atoms with Gasteiger partial charge in [-0.25, -0.2) is 9.97 Å². The molecule has 2 heterocycles. The van der Waals surface area contributed by atoms with Crippen molar-refractivity contribution >= 4 is 55.4 Å². The molecule has 0 spiro atoms. The molecule has 0 aliphatic carbocycles. The van der Waals surface area contributed by atoms with Crippen LogP contribution in [0.1, 0.15) is 11.1 Å². The van der Waals surface area contributed by atoms with Crippen LogP contribution in [0, 0.1) is 0 Å². The number of nitrogens with one attached hydrogen (secondary N) is 1. The smallest absolute Gasteiger partial charge is 0.224 e. The molecule has 0 radical (unpaired) electrons. The molecule has 0 bridgehead atoms. The van der Waals surface area contributed by atoms with Crippen LogP contribution in [-0.4, -0.2) is 57.2 Å². The number of benzene rings is 1. The van der Waals surface area contributed by atoms with Gasteiger partial charge in [0.1, 0.15) is 30.0 Å². The van der Waals surface area contributed by atoms with Crippen LogP contribution >= 0.6 is 49.6 Å². The summed E-state index contributed by atoms with van der Waals surface area (Å²) in [6.07, 6.45) is 2.92. The van der Waals surface area contributed by atoms with E-state index in [1.54, 1.807) is 30.5 Å². The van der Waals surface area contributed by atoms with Gasteiger partial charge in [-0.2, -0.15) is 0 Å². The van der Waals surface area contributed by atoms with Gasteiger partial charge in [0.05, 0.1) is 19.4 Å². The van der Waals surface area contributed by atoms with E-state index in [0.717, 1.165) is 5.56 Å². The Morgan fingerprint density at radius 2 is 1.61 bits per heavy atom. The van der Waals surface area contributed by atoms with Crippen LogP contribution in [-0.2, 0) is 13.0 Å². The molecule has 2 aromatic heterocycles. The number of nitrogen functional groups attached to an aromatic ring is 1. The zero-order valence-electron chi connectivity index (χ0n) is 19.2. The van der Waals surface area contributed by atoms with Crippen LogP contribution in [0.25, 0.3) is 0 Å². The number of hydrogen-bond acceptors (Lipinski definition) is 9. The van der Waals surface area contributed by atoms with E-state index in [0.29, 0.717) is 35.2 Å². The van der Waals surface area contributed by atoms with Crippen LogP contribution in [0.5, 0.6) is 17.4 Å². The third-order valence-corrected chi connectivity index (χ3v) is 4.70. The summed E-state index contributed by atoms with van der Waals surface area (Å²) >= 11 is 0. The van der Waals surface area contributed by atoms with Crippen LogP contribution in [0.2, 0.25) is 0 Å². The van der Waals surface area contributed by atoms with Gasteiger partial charge in [0.15, 0.2) is 0 Å². The first kappa shape index (κ1) is 36.1. The van der Waals surface area contributed by atoms with E-state index in [-0.39, 0.29) is 82.0 Å². The lowest BCUT2D eigenvalue weighted by atomic mass is 10.1. The van der Waals surface area contributed by atoms with Gasteiger partial charge >= 0.3 is 0 Å². The third kappa shape index (κ3) is 11.8. The van der Waals surface area contributed by atoms with Crippen molar-refractivity contribution in [2.45, 2.75) is 25.2 Å². The molecule has 3 rings (SSSR count). The molecule has 0 amide bonds. The molecule has 1 aromatic carbocycles. The molecule has 13 heteroatoms. The van der Waals surface area contributed by atoms with Gasteiger partial charge in [0, 0.05) is 24.3 Å². The van der Waals surface area contributed by atoms with Gasteiger partial charge in [-0.05, 0) is 48.4 Å². The second-order valence-electron chi connectivity index (χ2n) is 7.25. The van der Waals surface area contributed by atoms with Gasteiger partial charge in [0.2, 0.25) is 5.88 Å². The molecule has 202 valence electrons. The van der Waals surface area contributed by atoms with E-state index >= 15 is 0 Å². The highest BCUT2D eigenvalue weighted by Gasteiger charge is 2.12. The van der Waals surface area contributed by atoms with Gasteiger partial charge in [-0.15, -0.1) is 49.6 Å². The Balaban J connectivity index is 0. The number of anilines is 1. The zero-order valence-corrected chi connectivity index (χ0v) is 22.5. The number of rotatable bonds is 12. The number of nitrogens with zero attached hydrogens (tertiary/aromatic N) is 2. The summed E-state index contributed by atoms with van der Waals surface area (Å²) < 4.78 is 11.2. The van der Waals surface area contributed by atoms with Crippen LogP contribution in [0.15, 0.2) is 60.9 Å². The Bertz CT molecular complexity index is 971.